The molecule has 26 heterocycles. The summed E-state index contributed by atoms with van der Waals surface area (Å²) in [6.45, 7) is 39.8. The monoisotopic (exact) mass is 2010 g/mol. The van der Waals surface area contributed by atoms with Gasteiger partial charge < -0.3 is 84.4 Å². The Balaban J connectivity index is 0.000000110. The van der Waals surface area contributed by atoms with E-state index in [1.165, 1.54) is 11.4 Å². The predicted molar refractivity (Wildman–Crippen MR) is 587 cm³/mol. The summed E-state index contributed by atoms with van der Waals surface area (Å²) in [5.41, 5.74) is 49.9. The van der Waals surface area contributed by atoms with Crippen LogP contribution in [0.25, 0.3) is 88.1 Å². The fourth-order valence-electron chi connectivity index (χ4n) is 21.5. The molecule has 0 spiro atoms. The third-order valence-corrected chi connectivity index (χ3v) is 32.0. The maximum atomic E-state index is 12.2. The third-order valence-electron chi connectivity index (χ3n) is 32.0. The molecule has 18 aromatic heterocycles. The summed E-state index contributed by atoms with van der Waals surface area (Å²) in [5.74, 6) is 10.6. The molecule has 8 aliphatic heterocycles. The highest BCUT2D eigenvalue weighted by molar-refractivity contribution is 6.00. The highest BCUT2D eigenvalue weighted by atomic mass is 16.2. The van der Waals surface area contributed by atoms with Crippen molar-refractivity contribution in [2.24, 2.45) is 0 Å². The number of hydrogen-bond acceptors (Lipinski definition) is 32. The van der Waals surface area contributed by atoms with E-state index < -0.39 is 0 Å². The number of hydrogen-bond donors (Lipinski definition) is 12. The Morgan fingerprint density at radius 3 is 0.820 bits per heavy atom. The normalized spacial score (nSPS) is 17.9. The Bertz CT molecular complexity index is 8070. The molecular weight excluding hydrogens is 1890 g/mol. The largest absolute Gasteiger partial charge is 0.383 e. The van der Waals surface area contributed by atoms with Crippen molar-refractivity contribution < 1.29 is 9.59 Å². The number of carbonyl (C=O) groups is 2. The zero-order chi connectivity index (χ0) is 104. The fraction of sp³-hybridized carbons (Fsp3) is 0.345. The molecule has 0 unspecified atom stereocenters. The van der Waals surface area contributed by atoms with Gasteiger partial charge in [0.2, 0.25) is 11.8 Å². The summed E-state index contributed by atoms with van der Waals surface area (Å²) in [5, 5.41) is 53.6. The molecule has 0 aromatic carbocycles. The van der Waals surface area contributed by atoms with E-state index >= 15 is 0 Å². The number of imidazole rings is 2. The first-order chi connectivity index (χ1) is 71.7. The number of nitrogen functional groups attached to an aromatic ring is 4. The molecule has 0 radical (unpaired) electrons. The Hall–Kier alpha value is -17.4. The standard InChI is InChI=1S/2C28H30N10.2C27H31N9O/c2*1-15-19(12-32-26-16(2)28(3,4)35-25(15)26)21-9-17-10-22(31-13-20(17)27(29)33-21)34-23-11-18-5-7-37-8-6-30-24(37)14-38(18)36-23;2*1-14-18(11-30-25-15(2)27(3,4)33-24(14)25)20-8-16-9-21(29-12-19(16)26(28)31-20)32-22-10-17-6-7-35(5)23(37)13-36(17)34-22/h2*6,8-13,16,35H,5,7,14H2,1-4H3,(H2,29,33)(H,31,34,36);2*8-12,15,33H,6-7,13H2,1-5H3,(H2,28,31)(H,29,32,34)/t2*16-;2*15-/m1010/s1. The van der Waals surface area contributed by atoms with Crippen LogP contribution < -0.4 is 65.5 Å². The van der Waals surface area contributed by atoms with Crippen LogP contribution in [0.1, 0.15) is 186 Å². The van der Waals surface area contributed by atoms with Crippen LogP contribution in [-0.4, -0.2) is 189 Å². The third kappa shape index (κ3) is 17.5. The molecule has 18 aromatic rings. The van der Waals surface area contributed by atoms with Crippen LogP contribution in [0.15, 0.2) is 147 Å². The molecule has 0 fully saturated rings. The lowest BCUT2D eigenvalue weighted by molar-refractivity contribution is -0.131. The van der Waals surface area contributed by atoms with E-state index in [4.69, 9.17) is 73.0 Å². The van der Waals surface area contributed by atoms with Gasteiger partial charge in [0.05, 0.1) is 81.4 Å². The highest BCUT2D eigenvalue weighted by Crippen LogP contribution is 2.51. The lowest BCUT2D eigenvalue weighted by Crippen LogP contribution is -2.30. The van der Waals surface area contributed by atoms with Crippen molar-refractivity contribution in [3.63, 3.8) is 0 Å². The maximum absolute atomic E-state index is 12.2. The molecule has 16 N–H and O–H groups in total. The van der Waals surface area contributed by atoms with E-state index in [0.717, 1.165) is 229 Å². The second kappa shape index (κ2) is 36.3. The van der Waals surface area contributed by atoms with E-state index in [1.807, 2.05) is 122 Å². The number of rotatable bonds is 12. The number of nitrogens with zero attached hydrogens (tertiary/aromatic N) is 26. The average molecular weight is 2010 g/mol. The van der Waals surface area contributed by atoms with Gasteiger partial charge in [-0.15, -0.1) is 0 Å². The highest BCUT2D eigenvalue weighted by Gasteiger charge is 2.43. The smallest absolute Gasteiger partial charge is 0.244 e. The molecule has 4 atom stereocenters. The molecule has 764 valence electrons. The number of amides is 2. The first kappa shape index (κ1) is 96.1. The molecule has 0 saturated carbocycles. The van der Waals surface area contributed by atoms with Gasteiger partial charge in [-0.05, 0) is 175 Å². The number of nitrogens with two attached hydrogens (primary N) is 4. The number of likely N-dealkylation sites (N-methyl/N-ethyl adjacent to an activating group) is 2. The second-order valence-electron chi connectivity index (χ2n) is 43.2. The fourth-order valence-corrected chi connectivity index (χ4v) is 21.5. The van der Waals surface area contributed by atoms with Crippen molar-refractivity contribution in [1.82, 2.24) is 128 Å². The molecule has 0 bridgehead atoms. The SMILES string of the molecule is Cc1c(-c2cc3cc(Nc4cc5n(n4)CC(=O)N(C)CC5)ncc3c(N)n2)cnc2c1NC(C)(C)[C@@H]2C.Cc1c(-c2cc3cc(Nc4cc5n(n4)CC(=O)N(C)CC5)ncc3c(N)n2)cnc2c1NC(C)(C)[C@H]2C.Cc1c(-c2cc3cc(Nc4cc5n(n4)Cc4nccn4CC5)ncc3c(N)n2)cnc2c1NC(C)(C)[C@@H]2C.Cc1c(-c2cc3cc(Nc4cc5n(n4)Cc4nccn4CC5)ncc3c(N)n2)cnc2c1NC(C)(C)[C@H]2C. The lowest BCUT2D eigenvalue weighted by atomic mass is 9.90. The van der Waals surface area contributed by atoms with Gasteiger partial charge in [0.15, 0.2) is 23.3 Å². The summed E-state index contributed by atoms with van der Waals surface area (Å²) >= 11 is 0. The van der Waals surface area contributed by atoms with Crippen LogP contribution in [-0.2, 0) is 74.5 Å². The zero-order valence-corrected chi connectivity index (χ0v) is 87.4. The number of nitrogens with one attached hydrogen (secondary N) is 8. The van der Waals surface area contributed by atoms with Crippen LogP contribution in [0.4, 0.5) is 92.6 Å². The van der Waals surface area contributed by atoms with E-state index in [9.17, 15) is 9.59 Å². The number of carbonyl (C=O) groups excluding carboxylic acids is 2. The minimum absolute atomic E-state index is 0.0485. The molecule has 2 amide bonds. The van der Waals surface area contributed by atoms with Gasteiger partial charge in [0.1, 0.15) is 71.3 Å². The quantitative estimate of drug-likeness (QED) is 0.0540. The van der Waals surface area contributed by atoms with Crippen LogP contribution >= 0.6 is 0 Å². The van der Waals surface area contributed by atoms with Crippen LogP contribution in [0.2, 0.25) is 0 Å². The van der Waals surface area contributed by atoms with E-state index in [1.54, 1.807) is 44.0 Å². The second-order valence-corrected chi connectivity index (χ2v) is 43.2. The van der Waals surface area contributed by atoms with Gasteiger partial charge in [-0.1, -0.05) is 27.7 Å². The van der Waals surface area contributed by atoms with E-state index in [2.05, 4.69) is 227 Å². The number of aryl methyl sites for hydroxylation is 4. The summed E-state index contributed by atoms with van der Waals surface area (Å²) in [6.07, 6.45) is 25.7. The van der Waals surface area contributed by atoms with Gasteiger partial charge in [-0.25, -0.2) is 49.8 Å². The van der Waals surface area contributed by atoms with Gasteiger partial charge in [0, 0.05) is 277 Å². The van der Waals surface area contributed by atoms with Crippen molar-refractivity contribution in [2.75, 3.05) is 92.7 Å². The van der Waals surface area contributed by atoms with Gasteiger partial charge in [-0.3, -0.25) is 48.3 Å². The molecular formula is C110H122N38O2. The summed E-state index contributed by atoms with van der Waals surface area (Å²) in [4.78, 5) is 93.1. The van der Waals surface area contributed by atoms with Gasteiger partial charge in [0.25, 0.3) is 0 Å². The summed E-state index contributed by atoms with van der Waals surface area (Å²) < 4.78 is 11.9. The lowest BCUT2D eigenvalue weighted by Gasteiger charge is -2.24. The number of anilines is 16. The Morgan fingerprint density at radius 1 is 0.313 bits per heavy atom. The Labute approximate surface area is 865 Å². The Morgan fingerprint density at radius 2 is 0.560 bits per heavy atom. The molecule has 150 heavy (non-hydrogen) atoms. The molecule has 0 aliphatic carbocycles. The number of pyridine rings is 12. The van der Waals surface area contributed by atoms with Crippen molar-refractivity contribution >= 4 is 147 Å². The first-order valence-electron chi connectivity index (χ1n) is 50.9. The molecule has 8 aliphatic rings. The number of aromatic nitrogens is 24. The van der Waals surface area contributed by atoms with Crippen molar-refractivity contribution in [3.05, 3.63) is 227 Å². The topological polar surface area (TPSA) is 503 Å². The average Bonchev–Trinajstić information content (AvgIpc) is 1.58. The first-order valence-corrected chi connectivity index (χ1v) is 50.9. The van der Waals surface area contributed by atoms with E-state index in [0.29, 0.717) is 108 Å². The van der Waals surface area contributed by atoms with Gasteiger partial charge in [-0.2, -0.15) is 20.4 Å². The minimum atomic E-state index is -0.0600. The van der Waals surface area contributed by atoms with Gasteiger partial charge >= 0.3 is 0 Å². The van der Waals surface area contributed by atoms with Crippen molar-refractivity contribution in [3.8, 4) is 45.0 Å². The van der Waals surface area contributed by atoms with Crippen molar-refractivity contribution in [2.45, 2.75) is 222 Å². The molecule has 40 nitrogen and oxygen atoms in total. The summed E-state index contributed by atoms with van der Waals surface area (Å²) in [7, 11) is 3.64. The van der Waals surface area contributed by atoms with Crippen LogP contribution in [0, 0.1) is 27.7 Å². The van der Waals surface area contributed by atoms with Crippen molar-refractivity contribution in [1.29, 1.82) is 0 Å². The maximum Gasteiger partial charge on any atom is 0.244 e. The van der Waals surface area contributed by atoms with Crippen LogP contribution in [0.3, 0.4) is 0 Å². The molecule has 26 rings (SSSR count). The Kier molecular flexibility index (Phi) is 23.3. The molecule has 0 saturated heterocycles. The summed E-state index contributed by atoms with van der Waals surface area (Å²) in [6, 6.07) is 24.1. The minimum Gasteiger partial charge on any atom is -0.383 e. The van der Waals surface area contributed by atoms with Crippen LogP contribution in [0.5, 0.6) is 0 Å². The number of fused-ring (bicyclic) bond motifs is 14. The molecule has 40 heteroatoms. The zero-order valence-electron chi connectivity index (χ0n) is 87.4. The van der Waals surface area contributed by atoms with E-state index in [-0.39, 0.29) is 47.1 Å². The predicted octanol–water partition coefficient (Wildman–Crippen LogP) is 17.0.